The Hall–Kier alpha value is -0.591. The van der Waals surface area contributed by atoms with Crippen molar-refractivity contribution in [3.63, 3.8) is 0 Å². The summed E-state index contributed by atoms with van der Waals surface area (Å²) in [6.45, 7) is 16.7. The second-order valence-corrected chi connectivity index (χ2v) is 15.2. The number of carbonyl (C=O) groups excluding carboxylic acids is 1. The average Bonchev–Trinajstić information content (AvgIpc) is 3.08. The van der Waals surface area contributed by atoms with E-state index in [0.717, 1.165) is 0 Å². The maximum atomic E-state index is 12.8. The molecular formula is C24H45N3O2Sn. The van der Waals surface area contributed by atoms with Crippen LogP contribution < -0.4 is 3.71 Å². The molecule has 0 spiro atoms. The van der Waals surface area contributed by atoms with Crippen LogP contribution in [-0.2, 0) is 9.53 Å². The van der Waals surface area contributed by atoms with Crippen LogP contribution in [0.1, 0.15) is 119 Å². The van der Waals surface area contributed by atoms with Crippen LogP contribution in [0.4, 0.5) is 0 Å². The molecule has 5 nitrogen and oxygen atoms in total. The molecule has 0 N–H and O–H groups in total. The van der Waals surface area contributed by atoms with Crippen molar-refractivity contribution >= 4 is 30.8 Å². The first-order chi connectivity index (χ1) is 14.1. The Morgan fingerprint density at radius 3 is 1.93 bits per heavy atom. The van der Waals surface area contributed by atoms with Gasteiger partial charge in [-0.1, -0.05) is 0 Å². The summed E-state index contributed by atoms with van der Waals surface area (Å²) in [6, 6.07) is -0.416. The third kappa shape index (κ3) is 9.27. The molecule has 0 saturated heterocycles. The second-order valence-electron chi connectivity index (χ2n) is 10.0. The number of carbonyl (C=O) groups is 1. The van der Waals surface area contributed by atoms with Gasteiger partial charge in [-0.3, -0.25) is 0 Å². The van der Waals surface area contributed by atoms with Gasteiger partial charge in [0.25, 0.3) is 0 Å². The standard InChI is InChI=1S/C13H27.C11H18N3O2.Sn/c1-4-7-10-13(11-8-5-2)12-9-6-3;1-8(2)9(14-7-6-12-13-14)10(15)16-11(3,4)5;/h4-12H2,1-3H3;7-9H,1-5H3;/t;9-;/m.0./s1. The topological polar surface area (TPSA) is 57.0 Å². The second kappa shape index (κ2) is 13.1. The van der Waals surface area contributed by atoms with E-state index < -0.39 is 32.8 Å². The minimum atomic E-state index is -0.954. The van der Waals surface area contributed by atoms with Crippen LogP contribution in [0, 0.1) is 5.92 Å². The molecule has 0 aliphatic carbocycles. The van der Waals surface area contributed by atoms with Crippen molar-refractivity contribution in [2.45, 2.75) is 128 Å². The van der Waals surface area contributed by atoms with Crippen molar-refractivity contribution in [2.75, 3.05) is 0 Å². The van der Waals surface area contributed by atoms with Crippen LogP contribution in [0.5, 0.6) is 0 Å². The molecule has 172 valence electrons. The maximum absolute atomic E-state index is 12.8. The van der Waals surface area contributed by atoms with Crippen LogP contribution in [0.3, 0.4) is 0 Å². The van der Waals surface area contributed by atoms with E-state index in [-0.39, 0.29) is 11.9 Å². The van der Waals surface area contributed by atoms with Gasteiger partial charge in [-0.05, 0) is 0 Å². The van der Waals surface area contributed by atoms with Crippen molar-refractivity contribution in [1.82, 2.24) is 15.0 Å². The SMILES string of the molecule is CCCC[C](CCCC)(CCCC)[Sn][c]1cn([C@H](C(=O)OC(C)(C)C)C(C)C)nn1. The molecule has 0 unspecified atom stereocenters. The van der Waals surface area contributed by atoms with E-state index >= 15 is 0 Å². The normalized spacial score (nSPS) is 13.6. The van der Waals surface area contributed by atoms with Gasteiger partial charge in [0.2, 0.25) is 0 Å². The quantitative estimate of drug-likeness (QED) is 0.225. The number of esters is 1. The summed E-state index contributed by atoms with van der Waals surface area (Å²) in [5.41, 5.74) is -0.500. The van der Waals surface area contributed by atoms with E-state index in [4.69, 9.17) is 4.74 Å². The molecule has 1 aromatic rings. The van der Waals surface area contributed by atoms with E-state index in [0.29, 0.717) is 3.43 Å². The molecule has 1 aromatic heterocycles. The molecule has 0 amide bonds. The zero-order valence-corrected chi connectivity index (χ0v) is 23.6. The van der Waals surface area contributed by atoms with Gasteiger partial charge in [0.1, 0.15) is 0 Å². The van der Waals surface area contributed by atoms with Crippen molar-refractivity contribution in [3.8, 4) is 0 Å². The Labute approximate surface area is 195 Å². The Kier molecular flexibility index (Phi) is 12.0. The molecule has 0 fully saturated rings. The Morgan fingerprint density at radius 2 is 1.53 bits per heavy atom. The van der Waals surface area contributed by atoms with Crippen molar-refractivity contribution in [3.05, 3.63) is 6.20 Å². The van der Waals surface area contributed by atoms with Gasteiger partial charge in [-0.25, -0.2) is 0 Å². The predicted octanol–water partition coefficient (Wildman–Crippen LogP) is 5.88. The van der Waals surface area contributed by atoms with Gasteiger partial charge in [0.05, 0.1) is 0 Å². The number of nitrogens with zero attached hydrogens (tertiary/aromatic N) is 3. The summed E-state index contributed by atoms with van der Waals surface area (Å²) >= 11 is -0.954. The first-order valence-electron chi connectivity index (χ1n) is 12.0. The summed E-state index contributed by atoms with van der Waals surface area (Å²) in [5.74, 6) is -0.113. The van der Waals surface area contributed by atoms with Gasteiger partial charge < -0.3 is 0 Å². The average molecular weight is 526 g/mol. The molecule has 0 aliphatic rings. The van der Waals surface area contributed by atoms with Gasteiger partial charge in [0, 0.05) is 0 Å². The fraction of sp³-hybridized carbons (Fsp3) is 0.875. The molecule has 6 heteroatoms. The van der Waals surface area contributed by atoms with Crippen molar-refractivity contribution in [1.29, 1.82) is 0 Å². The predicted molar refractivity (Wildman–Crippen MR) is 126 cm³/mol. The third-order valence-corrected chi connectivity index (χ3v) is 10.5. The Balaban J connectivity index is 3.10. The van der Waals surface area contributed by atoms with E-state index in [1.54, 1.807) is 4.68 Å². The minimum absolute atomic E-state index is 0.102. The zero-order chi connectivity index (χ0) is 22.8. The summed E-state index contributed by atoms with van der Waals surface area (Å²) in [4.78, 5) is 12.8. The molecule has 0 aliphatic heterocycles. The monoisotopic (exact) mass is 527 g/mol. The number of hydrogen-bond donors (Lipinski definition) is 0. The van der Waals surface area contributed by atoms with E-state index in [9.17, 15) is 4.79 Å². The first kappa shape index (κ1) is 27.4. The number of rotatable bonds is 14. The van der Waals surface area contributed by atoms with Crippen molar-refractivity contribution in [2.24, 2.45) is 5.92 Å². The van der Waals surface area contributed by atoms with Crippen LogP contribution >= 0.6 is 0 Å². The Bertz CT molecular complexity index is 600. The van der Waals surface area contributed by atoms with Crippen LogP contribution in [0.25, 0.3) is 0 Å². The number of aromatic nitrogens is 3. The van der Waals surface area contributed by atoms with E-state index in [1.807, 2.05) is 34.6 Å². The number of ether oxygens (including phenoxy) is 1. The van der Waals surface area contributed by atoms with Crippen molar-refractivity contribution < 1.29 is 9.53 Å². The molecule has 30 heavy (non-hydrogen) atoms. The molecule has 1 atom stereocenters. The fourth-order valence-electron chi connectivity index (χ4n) is 3.90. The molecule has 1 heterocycles. The molecule has 0 saturated carbocycles. The van der Waals surface area contributed by atoms with Crippen LogP contribution in [-0.4, -0.2) is 47.7 Å². The molecular weight excluding hydrogens is 481 g/mol. The van der Waals surface area contributed by atoms with Crippen LogP contribution in [0.15, 0.2) is 6.20 Å². The molecule has 2 radical (unpaired) electrons. The van der Waals surface area contributed by atoms with Gasteiger partial charge in [-0.15, -0.1) is 0 Å². The number of unbranched alkanes of at least 4 members (excludes halogenated alkanes) is 3. The third-order valence-electron chi connectivity index (χ3n) is 5.49. The fourth-order valence-corrected chi connectivity index (χ4v) is 8.86. The van der Waals surface area contributed by atoms with Crippen LogP contribution in [0.2, 0.25) is 3.43 Å². The van der Waals surface area contributed by atoms with E-state index in [2.05, 4.69) is 37.3 Å². The summed E-state index contributed by atoms with van der Waals surface area (Å²) in [6.07, 6.45) is 13.7. The number of hydrogen-bond acceptors (Lipinski definition) is 4. The summed E-state index contributed by atoms with van der Waals surface area (Å²) < 4.78 is 9.09. The zero-order valence-electron chi connectivity index (χ0n) is 20.8. The molecule has 1 rings (SSSR count). The Morgan fingerprint density at radius 1 is 1.03 bits per heavy atom. The molecule has 0 bridgehead atoms. The van der Waals surface area contributed by atoms with Gasteiger partial charge in [-0.2, -0.15) is 0 Å². The molecule has 0 aromatic carbocycles. The summed E-state index contributed by atoms with van der Waals surface area (Å²) in [7, 11) is 0. The first-order valence-corrected chi connectivity index (χ1v) is 14.9. The van der Waals surface area contributed by atoms with E-state index in [1.165, 1.54) is 61.5 Å². The summed E-state index contributed by atoms with van der Waals surface area (Å²) in [5, 5.41) is 9.01. The van der Waals surface area contributed by atoms with Gasteiger partial charge >= 0.3 is 196 Å². The van der Waals surface area contributed by atoms with Gasteiger partial charge in [0.15, 0.2) is 0 Å².